The summed E-state index contributed by atoms with van der Waals surface area (Å²) in [7, 11) is 0. The molecular formula is C16H16FN3O2. The van der Waals surface area contributed by atoms with Crippen molar-refractivity contribution in [3.8, 4) is 0 Å². The topological polar surface area (TPSA) is 66.1 Å². The Morgan fingerprint density at radius 2 is 2.18 bits per heavy atom. The molecule has 1 aliphatic heterocycles. The molecule has 6 heteroatoms. The molecule has 0 spiro atoms. The van der Waals surface area contributed by atoms with Crippen molar-refractivity contribution < 1.29 is 9.18 Å². The molecule has 1 aliphatic rings. The maximum Gasteiger partial charge on any atom is 0.256 e. The van der Waals surface area contributed by atoms with Crippen molar-refractivity contribution in [2.24, 2.45) is 0 Å². The van der Waals surface area contributed by atoms with Crippen LogP contribution in [-0.2, 0) is 24.2 Å². The number of amides is 1. The third kappa shape index (κ3) is 2.77. The van der Waals surface area contributed by atoms with Crippen molar-refractivity contribution >= 4 is 5.91 Å². The zero-order chi connectivity index (χ0) is 15.7. The molecule has 0 bridgehead atoms. The molecule has 5 nitrogen and oxygen atoms in total. The van der Waals surface area contributed by atoms with Gasteiger partial charge in [0.15, 0.2) is 0 Å². The molecule has 1 aromatic carbocycles. The Labute approximate surface area is 126 Å². The first-order valence-electron chi connectivity index (χ1n) is 7.14. The maximum atomic E-state index is 13.7. The van der Waals surface area contributed by atoms with Crippen molar-refractivity contribution in [2.75, 3.05) is 6.54 Å². The number of benzene rings is 1. The number of carbonyl (C=O) groups excluding carboxylic acids is 1. The minimum absolute atomic E-state index is 0.0551. The molecule has 0 aliphatic carbocycles. The van der Waals surface area contributed by atoms with Crippen molar-refractivity contribution in [2.45, 2.75) is 26.3 Å². The van der Waals surface area contributed by atoms with Gasteiger partial charge < -0.3 is 9.88 Å². The minimum atomic E-state index is -0.314. The first-order chi connectivity index (χ1) is 10.5. The lowest BCUT2D eigenvalue weighted by atomic mass is 10.1. The molecular weight excluding hydrogens is 285 g/mol. The molecule has 1 N–H and O–H groups in total. The molecule has 2 aromatic rings. The highest BCUT2D eigenvalue weighted by atomic mass is 19.1. The van der Waals surface area contributed by atoms with E-state index in [0.29, 0.717) is 35.6 Å². The molecule has 0 saturated carbocycles. The highest BCUT2D eigenvalue weighted by Crippen LogP contribution is 2.15. The van der Waals surface area contributed by atoms with Crippen LogP contribution in [0.3, 0.4) is 0 Å². The van der Waals surface area contributed by atoms with E-state index in [9.17, 15) is 14.0 Å². The van der Waals surface area contributed by atoms with Crippen LogP contribution in [0.25, 0.3) is 0 Å². The molecule has 0 unspecified atom stereocenters. The Bertz CT molecular complexity index is 785. The quantitative estimate of drug-likeness (QED) is 0.912. The summed E-state index contributed by atoms with van der Waals surface area (Å²) in [5.74, 6) is 0.0798. The normalized spacial score (nSPS) is 13.8. The summed E-state index contributed by atoms with van der Waals surface area (Å²) >= 11 is 0. The fraction of sp³-hybridized carbons (Fsp3) is 0.312. The maximum absolute atomic E-state index is 13.7. The first-order valence-corrected chi connectivity index (χ1v) is 7.14. The number of nitrogens with zero attached hydrogens (tertiary/aromatic N) is 2. The number of hydrogen-bond acceptors (Lipinski definition) is 3. The lowest BCUT2D eigenvalue weighted by Gasteiger charge is -2.26. The van der Waals surface area contributed by atoms with Crippen LogP contribution in [0.4, 0.5) is 4.39 Å². The van der Waals surface area contributed by atoms with Crippen molar-refractivity contribution in [1.29, 1.82) is 0 Å². The summed E-state index contributed by atoms with van der Waals surface area (Å²) in [5, 5.41) is 0. The minimum Gasteiger partial charge on any atom is -0.338 e. The Morgan fingerprint density at radius 3 is 2.91 bits per heavy atom. The van der Waals surface area contributed by atoms with E-state index >= 15 is 0 Å². The number of aromatic amines is 1. The molecule has 0 radical (unpaired) electrons. The predicted octanol–water partition coefficient (Wildman–Crippen LogP) is 1.40. The summed E-state index contributed by atoms with van der Waals surface area (Å²) in [6.45, 7) is 2.32. The molecule has 1 aromatic heterocycles. The van der Waals surface area contributed by atoms with Gasteiger partial charge in [0, 0.05) is 26.3 Å². The van der Waals surface area contributed by atoms with E-state index in [4.69, 9.17) is 0 Å². The van der Waals surface area contributed by atoms with Crippen LogP contribution >= 0.6 is 0 Å². The molecule has 2 heterocycles. The van der Waals surface area contributed by atoms with Crippen LogP contribution in [0.2, 0.25) is 0 Å². The summed E-state index contributed by atoms with van der Waals surface area (Å²) in [4.78, 5) is 32.4. The number of rotatable bonds is 2. The second kappa shape index (κ2) is 5.71. The highest BCUT2D eigenvalue weighted by molar-refractivity contribution is 5.73. The number of H-pyrrole nitrogens is 1. The number of hydrogen-bond donors (Lipinski definition) is 1. The second-order valence-electron chi connectivity index (χ2n) is 5.40. The lowest BCUT2D eigenvalue weighted by molar-refractivity contribution is -0.129. The van der Waals surface area contributed by atoms with E-state index in [1.165, 1.54) is 13.0 Å². The molecule has 22 heavy (non-hydrogen) atoms. The fourth-order valence-corrected chi connectivity index (χ4v) is 2.65. The first kappa shape index (κ1) is 14.4. The van der Waals surface area contributed by atoms with Crippen molar-refractivity contribution in [3.63, 3.8) is 0 Å². The number of nitrogens with one attached hydrogen (secondary N) is 1. The molecule has 0 fully saturated rings. The molecule has 0 saturated heterocycles. The average molecular weight is 301 g/mol. The van der Waals surface area contributed by atoms with Gasteiger partial charge in [0.25, 0.3) is 5.56 Å². The van der Waals surface area contributed by atoms with Gasteiger partial charge in [-0.3, -0.25) is 9.59 Å². The van der Waals surface area contributed by atoms with Crippen LogP contribution in [0.15, 0.2) is 29.1 Å². The van der Waals surface area contributed by atoms with Gasteiger partial charge in [-0.15, -0.1) is 0 Å². The van der Waals surface area contributed by atoms with Gasteiger partial charge in [-0.2, -0.15) is 0 Å². The Kier molecular flexibility index (Phi) is 3.75. The predicted molar refractivity (Wildman–Crippen MR) is 78.9 cm³/mol. The zero-order valence-electron chi connectivity index (χ0n) is 12.2. The Hall–Kier alpha value is -2.50. The smallest absolute Gasteiger partial charge is 0.256 e. The standard InChI is InChI=1S/C16H16FN3O2/c1-10(21)20-7-6-14-12(9-20)16(22)19-15(18-14)8-11-4-2-3-5-13(11)17/h2-5H,6-9H2,1H3,(H,18,19,22). The SMILES string of the molecule is CC(=O)N1CCc2nc(Cc3ccccc3F)[nH]c(=O)c2C1. The van der Waals surface area contributed by atoms with Crippen molar-refractivity contribution in [3.05, 3.63) is 63.1 Å². The fourth-order valence-electron chi connectivity index (χ4n) is 2.65. The van der Waals surface area contributed by atoms with Gasteiger partial charge in [0.2, 0.25) is 5.91 Å². The van der Waals surface area contributed by atoms with E-state index in [-0.39, 0.29) is 30.2 Å². The monoisotopic (exact) mass is 301 g/mol. The van der Waals surface area contributed by atoms with Crippen LogP contribution in [-0.4, -0.2) is 27.3 Å². The number of aromatic nitrogens is 2. The molecule has 3 rings (SSSR count). The number of fused-ring (bicyclic) bond motifs is 1. The zero-order valence-corrected chi connectivity index (χ0v) is 12.2. The van der Waals surface area contributed by atoms with Gasteiger partial charge >= 0.3 is 0 Å². The second-order valence-corrected chi connectivity index (χ2v) is 5.40. The molecule has 0 atom stereocenters. The van der Waals surface area contributed by atoms with Gasteiger partial charge in [-0.05, 0) is 11.6 Å². The highest BCUT2D eigenvalue weighted by Gasteiger charge is 2.22. The van der Waals surface area contributed by atoms with Crippen LogP contribution in [0, 0.1) is 5.82 Å². The van der Waals surface area contributed by atoms with E-state index in [2.05, 4.69) is 9.97 Å². The van der Waals surface area contributed by atoms with Gasteiger partial charge in [-0.25, -0.2) is 9.37 Å². The summed E-state index contributed by atoms with van der Waals surface area (Å²) in [6.07, 6.45) is 0.786. The van der Waals surface area contributed by atoms with E-state index < -0.39 is 0 Å². The lowest BCUT2D eigenvalue weighted by Crippen LogP contribution is -2.38. The summed E-state index contributed by atoms with van der Waals surface area (Å²) in [6, 6.07) is 6.43. The van der Waals surface area contributed by atoms with E-state index in [0.717, 1.165) is 0 Å². The Morgan fingerprint density at radius 1 is 1.41 bits per heavy atom. The third-order valence-electron chi connectivity index (χ3n) is 3.88. The largest absolute Gasteiger partial charge is 0.338 e. The van der Waals surface area contributed by atoms with Gasteiger partial charge in [0.1, 0.15) is 11.6 Å². The van der Waals surface area contributed by atoms with E-state index in [1.807, 2.05) is 0 Å². The van der Waals surface area contributed by atoms with E-state index in [1.54, 1.807) is 23.1 Å². The molecule has 114 valence electrons. The third-order valence-corrected chi connectivity index (χ3v) is 3.88. The van der Waals surface area contributed by atoms with Crippen molar-refractivity contribution in [1.82, 2.24) is 14.9 Å². The van der Waals surface area contributed by atoms with Crippen LogP contribution in [0.5, 0.6) is 0 Å². The summed E-state index contributed by atoms with van der Waals surface area (Å²) < 4.78 is 13.7. The summed E-state index contributed by atoms with van der Waals surface area (Å²) in [5.41, 5.74) is 1.47. The number of halogens is 1. The van der Waals surface area contributed by atoms with Crippen LogP contribution in [0.1, 0.15) is 29.6 Å². The number of carbonyl (C=O) groups is 1. The average Bonchev–Trinajstić information content (AvgIpc) is 2.49. The van der Waals surface area contributed by atoms with Crippen LogP contribution < -0.4 is 5.56 Å². The Balaban J connectivity index is 1.91. The molecule has 1 amide bonds. The van der Waals surface area contributed by atoms with Gasteiger partial charge in [-0.1, -0.05) is 18.2 Å². The van der Waals surface area contributed by atoms with Gasteiger partial charge in [0.05, 0.1) is 17.8 Å².